The van der Waals surface area contributed by atoms with Crippen LogP contribution >= 0.6 is 0 Å². The molecule has 2 rings (SSSR count). The molecule has 0 aliphatic heterocycles. The van der Waals surface area contributed by atoms with Crippen molar-refractivity contribution in [3.05, 3.63) is 30.1 Å². The van der Waals surface area contributed by atoms with Crippen molar-refractivity contribution in [1.82, 2.24) is 4.98 Å². The molecule has 1 atom stereocenters. The summed E-state index contributed by atoms with van der Waals surface area (Å²) >= 11 is 0. The summed E-state index contributed by atoms with van der Waals surface area (Å²) in [5.74, 6) is 0.500. The number of pyridine rings is 1. The van der Waals surface area contributed by atoms with Crippen LogP contribution in [0.5, 0.6) is 0 Å². The molecule has 100 valence electrons. The summed E-state index contributed by atoms with van der Waals surface area (Å²) < 4.78 is 0. The van der Waals surface area contributed by atoms with Crippen LogP contribution in [0.15, 0.2) is 24.4 Å². The van der Waals surface area contributed by atoms with Crippen molar-refractivity contribution in [2.45, 2.75) is 63.9 Å². The highest BCUT2D eigenvalue weighted by Gasteiger charge is 2.35. The van der Waals surface area contributed by atoms with Gasteiger partial charge < -0.3 is 5.11 Å². The molecule has 1 aliphatic carbocycles. The van der Waals surface area contributed by atoms with E-state index < -0.39 is 5.60 Å². The monoisotopic (exact) mass is 247 g/mol. The Morgan fingerprint density at radius 2 is 2.06 bits per heavy atom. The molecular formula is C16H25NO. The lowest BCUT2D eigenvalue weighted by Crippen LogP contribution is -2.39. The summed E-state index contributed by atoms with van der Waals surface area (Å²) in [4.78, 5) is 4.35. The first-order valence-corrected chi connectivity index (χ1v) is 7.37. The van der Waals surface area contributed by atoms with Crippen LogP contribution in [-0.2, 0) is 6.42 Å². The first-order valence-electron chi connectivity index (χ1n) is 7.37. The lowest BCUT2D eigenvalue weighted by atomic mass is 9.73. The van der Waals surface area contributed by atoms with Crippen LogP contribution in [0.2, 0.25) is 0 Å². The highest BCUT2D eigenvalue weighted by atomic mass is 16.3. The number of hydrogen-bond donors (Lipinski definition) is 1. The Morgan fingerprint density at radius 3 is 2.67 bits per heavy atom. The van der Waals surface area contributed by atoms with Crippen molar-refractivity contribution in [2.75, 3.05) is 0 Å². The van der Waals surface area contributed by atoms with Crippen LogP contribution in [0.1, 0.15) is 57.6 Å². The molecule has 1 aromatic heterocycles. The lowest BCUT2D eigenvalue weighted by Gasteiger charge is -2.38. The van der Waals surface area contributed by atoms with Crippen molar-refractivity contribution in [2.24, 2.45) is 5.92 Å². The van der Waals surface area contributed by atoms with E-state index in [1.54, 1.807) is 0 Å². The van der Waals surface area contributed by atoms with Gasteiger partial charge in [0.05, 0.1) is 5.60 Å². The molecule has 0 saturated heterocycles. The molecule has 1 aromatic rings. The number of nitrogens with zero attached hydrogens (tertiary/aromatic N) is 1. The maximum Gasteiger partial charge on any atom is 0.0676 e. The molecule has 0 radical (unpaired) electrons. The normalized spacial score (nSPS) is 20.6. The van der Waals surface area contributed by atoms with Gasteiger partial charge in [-0.2, -0.15) is 0 Å². The predicted octanol–water partition coefficient (Wildman–Crippen LogP) is 3.74. The predicted molar refractivity (Wildman–Crippen MR) is 74.4 cm³/mol. The summed E-state index contributed by atoms with van der Waals surface area (Å²) in [6, 6.07) is 6.02. The molecule has 1 aliphatic rings. The SMILES string of the molecule is CCC(O)(CCc1ccccn1)C1CCCCC1. The maximum atomic E-state index is 10.9. The van der Waals surface area contributed by atoms with E-state index in [0.29, 0.717) is 5.92 Å². The van der Waals surface area contributed by atoms with E-state index in [2.05, 4.69) is 18.0 Å². The van der Waals surface area contributed by atoms with E-state index in [4.69, 9.17) is 0 Å². The number of aromatic nitrogens is 1. The summed E-state index contributed by atoms with van der Waals surface area (Å²) in [6.07, 6.45) is 10.8. The Bertz CT molecular complexity index is 345. The third kappa shape index (κ3) is 3.32. The largest absolute Gasteiger partial charge is 0.390 e. The lowest BCUT2D eigenvalue weighted by molar-refractivity contribution is -0.0431. The molecule has 1 N–H and O–H groups in total. The third-order valence-corrected chi connectivity index (χ3v) is 4.52. The van der Waals surface area contributed by atoms with Crippen LogP contribution < -0.4 is 0 Å². The molecular weight excluding hydrogens is 222 g/mol. The first kappa shape index (κ1) is 13.5. The molecule has 0 amide bonds. The van der Waals surface area contributed by atoms with E-state index in [-0.39, 0.29) is 0 Å². The van der Waals surface area contributed by atoms with Gasteiger partial charge in [0.2, 0.25) is 0 Å². The zero-order valence-corrected chi connectivity index (χ0v) is 11.4. The Kier molecular flexibility index (Phi) is 4.76. The highest BCUT2D eigenvalue weighted by molar-refractivity contribution is 5.04. The second-order valence-electron chi connectivity index (χ2n) is 5.61. The van der Waals surface area contributed by atoms with E-state index in [0.717, 1.165) is 25.0 Å². The molecule has 2 heteroatoms. The summed E-state index contributed by atoms with van der Waals surface area (Å²) in [7, 11) is 0. The molecule has 0 bridgehead atoms. The van der Waals surface area contributed by atoms with Gasteiger partial charge in [0.1, 0.15) is 0 Å². The minimum Gasteiger partial charge on any atom is -0.390 e. The Morgan fingerprint density at radius 1 is 1.28 bits per heavy atom. The minimum absolute atomic E-state index is 0.474. The topological polar surface area (TPSA) is 33.1 Å². The Hall–Kier alpha value is -0.890. The number of aliphatic hydroxyl groups is 1. The van der Waals surface area contributed by atoms with Crippen LogP contribution in [-0.4, -0.2) is 15.7 Å². The van der Waals surface area contributed by atoms with Gasteiger partial charge in [0, 0.05) is 11.9 Å². The smallest absolute Gasteiger partial charge is 0.0676 e. The van der Waals surface area contributed by atoms with E-state index in [9.17, 15) is 5.11 Å². The molecule has 2 nitrogen and oxygen atoms in total. The zero-order valence-electron chi connectivity index (χ0n) is 11.4. The maximum absolute atomic E-state index is 10.9. The quantitative estimate of drug-likeness (QED) is 0.860. The van der Waals surface area contributed by atoms with Gasteiger partial charge in [-0.1, -0.05) is 32.3 Å². The average Bonchev–Trinajstić information content (AvgIpc) is 2.47. The summed E-state index contributed by atoms with van der Waals surface area (Å²) in [5, 5.41) is 10.9. The van der Waals surface area contributed by atoms with Gasteiger partial charge in [0.25, 0.3) is 0 Å². The molecule has 1 unspecified atom stereocenters. The van der Waals surface area contributed by atoms with E-state index in [1.807, 2.05) is 18.3 Å². The van der Waals surface area contributed by atoms with Crippen LogP contribution in [0.4, 0.5) is 0 Å². The van der Waals surface area contributed by atoms with Crippen LogP contribution in [0.3, 0.4) is 0 Å². The highest BCUT2D eigenvalue weighted by Crippen LogP contribution is 2.37. The fourth-order valence-corrected chi connectivity index (χ4v) is 3.20. The van der Waals surface area contributed by atoms with Gasteiger partial charge in [-0.05, 0) is 50.2 Å². The molecule has 0 aromatic carbocycles. The van der Waals surface area contributed by atoms with Crippen LogP contribution in [0.25, 0.3) is 0 Å². The van der Waals surface area contributed by atoms with Crippen molar-refractivity contribution in [1.29, 1.82) is 0 Å². The standard InChI is InChI=1S/C16H25NO/c1-2-16(18,14-8-4-3-5-9-14)12-11-15-10-6-7-13-17-15/h6-7,10,13-14,18H,2-5,8-9,11-12H2,1H3. The fraction of sp³-hybridized carbons (Fsp3) is 0.688. The first-order chi connectivity index (χ1) is 8.74. The van der Waals surface area contributed by atoms with Crippen molar-refractivity contribution >= 4 is 0 Å². The van der Waals surface area contributed by atoms with Gasteiger partial charge in [-0.3, -0.25) is 4.98 Å². The molecule has 18 heavy (non-hydrogen) atoms. The van der Waals surface area contributed by atoms with Gasteiger partial charge in [-0.15, -0.1) is 0 Å². The second-order valence-corrected chi connectivity index (χ2v) is 5.61. The molecule has 1 heterocycles. The minimum atomic E-state index is -0.474. The molecule has 0 spiro atoms. The number of hydrogen-bond acceptors (Lipinski definition) is 2. The van der Waals surface area contributed by atoms with Crippen LogP contribution in [0, 0.1) is 5.92 Å². The van der Waals surface area contributed by atoms with Gasteiger partial charge >= 0.3 is 0 Å². The van der Waals surface area contributed by atoms with Crippen molar-refractivity contribution in [3.8, 4) is 0 Å². The van der Waals surface area contributed by atoms with Gasteiger partial charge in [0.15, 0.2) is 0 Å². The van der Waals surface area contributed by atoms with E-state index in [1.165, 1.54) is 32.1 Å². The summed E-state index contributed by atoms with van der Waals surface area (Å²) in [5.41, 5.74) is 0.623. The van der Waals surface area contributed by atoms with Gasteiger partial charge in [-0.25, -0.2) is 0 Å². The van der Waals surface area contributed by atoms with Crippen molar-refractivity contribution in [3.63, 3.8) is 0 Å². The average molecular weight is 247 g/mol. The fourth-order valence-electron chi connectivity index (χ4n) is 3.20. The Labute approximate surface area is 110 Å². The third-order valence-electron chi connectivity index (χ3n) is 4.52. The van der Waals surface area contributed by atoms with E-state index >= 15 is 0 Å². The summed E-state index contributed by atoms with van der Waals surface area (Å²) in [6.45, 7) is 2.12. The number of aryl methyl sites for hydroxylation is 1. The number of rotatable bonds is 5. The van der Waals surface area contributed by atoms with Crippen molar-refractivity contribution < 1.29 is 5.11 Å². The molecule has 1 fully saturated rings. The molecule has 1 saturated carbocycles. The zero-order chi connectivity index (χ0) is 12.8. The Balaban J connectivity index is 1.94. The second kappa shape index (κ2) is 6.33.